The molecule has 1 N–H and O–H groups in total. The maximum Gasteiger partial charge on any atom is 0.325 e. The fraction of sp³-hybridized carbons (Fsp3) is 0.467. The Bertz CT molecular complexity index is 459. The summed E-state index contributed by atoms with van der Waals surface area (Å²) in [6.45, 7) is 4.41. The molecule has 1 rings (SSSR count). The van der Waals surface area contributed by atoms with Crippen molar-refractivity contribution in [1.29, 1.82) is 0 Å². The van der Waals surface area contributed by atoms with Gasteiger partial charge in [0.2, 0.25) is 5.91 Å². The Morgan fingerprint density at radius 1 is 1.25 bits per heavy atom. The van der Waals surface area contributed by atoms with Gasteiger partial charge in [-0.3, -0.25) is 9.59 Å². The Kier molecular flexibility index (Phi) is 6.56. The quantitative estimate of drug-likeness (QED) is 0.772. The molecule has 0 saturated heterocycles. The van der Waals surface area contributed by atoms with Gasteiger partial charge in [-0.15, -0.1) is 0 Å². The van der Waals surface area contributed by atoms with Gasteiger partial charge >= 0.3 is 5.97 Å². The first-order chi connectivity index (χ1) is 9.58. The number of nitrogens with zero attached hydrogens (tertiary/aromatic N) is 1. The van der Waals surface area contributed by atoms with E-state index in [-0.39, 0.29) is 24.6 Å². The average molecular weight is 279 g/mol. The zero-order chi connectivity index (χ0) is 15.0. The van der Waals surface area contributed by atoms with Crippen molar-refractivity contribution in [2.75, 3.05) is 19.7 Å². The summed E-state index contributed by atoms with van der Waals surface area (Å²) in [4.78, 5) is 25.2. The SMILES string of the molecule is CCCN(CC(=O)OCC)C(=O)Cc1ccccc1O. The van der Waals surface area contributed by atoms with Crippen LogP contribution in [0.4, 0.5) is 0 Å². The third-order valence-electron chi connectivity index (χ3n) is 2.80. The van der Waals surface area contributed by atoms with Gasteiger partial charge in [-0.25, -0.2) is 0 Å². The van der Waals surface area contributed by atoms with Crippen LogP contribution in [0.2, 0.25) is 0 Å². The number of aromatic hydroxyl groups is 1. The highest BCUT2D eigenvalue weighted by molar-refractivity contribution is 5.84. The largest absolute Gasteiger partial charge is 0.508 e. The van der Waals surface area contributed by atoms with Gasteiger partial charge in [0.1, 0.15) is 12.3 Å². The molecule has 5 nitrogen and oxygen atoms in total. The molecule has 110 valence electrons. The predicted octanol–water partition coefficient (Wildman–Crippen LogP) is 1.74. The van der Waals surface area contributed by atoms with Gasteiger partial charge in [0.25, 0.3) is 0 Å². The summed E-state index contributed by atoms with van der Waals surface area (Å²) >= 11 is 0. The van der Waals surface area contributed by atoms with Crippen LogP contribution in [0.15, 0.2) is 24.3 Å². The minimum absolute atomic E-state index is 0.0475. The number of esters is 1. The Balaban J connectivity index is 2.69. The number of rotatable bonds is 7. The van der Waals surface area contributed by atoms with E-state index in [9.17, 15) is 14.7 Å². The predicted molar refractivity (Wildman–Crippen MR) is 75.3 cm³/mol. The Morgan fingerprint density at radius 2 is 1.95 bits per heavy atom. The molecular formula is C15H21NO4. The molecular weight excluding hydrogens is 258 g/mol. The monoisotopic (exact) mass is 279 g/mol. The molecule has 0 spiro atoms. The molecule has 20 heavy (non-hydrogen) atoms. The molecule has 0 radical (unpaired) electrons. The van der Waals surface area contributed by atoms with Crippen molar-refractivity contribution in [3.8, 4) is 5.75 Å². The van der Waals surface area contributed by atoms with Crippen molar-refractivity contribution in [1.82, 2.24) is 4.90 Å². The van der Waals surface area contributed by atoms with Gasteiger partial charge in [0, 0.05) is 12.1 Å². The molecule has 0 aliphatic carbocycles. The van der Waals surface area contributed by atoms with Crippen molar-refractivity contribution in [3.63, 3.8) is 0 Å². The van der Waals surface area contributed by atoms with E-state index in [0.29, 0.717) is 18.7 Å². The topological polar surface area (TPSA) is 66.8 Å². The van der Waals surface area contributed by atoms with Crippen LogP contribution in [0.25, 0.3) is 0 Å². The third kappa shape index (κ3) is 4.91. The smallest absolute Gasteiger partial charge is 0.325 e. The molecule has 5 heteroatoms. The number of ether oxygens (including phenoxy) is 1. The lowest BCUT2D eigenvalue weighted by Crippen LogP contribution is -2.38. The van der Waals surface area contributed by atoms with E-state index in [1.165, 1.54) is 11.0 Å². The van der Waals surface area contributed by atoms with Gasteiger partial charge in [-0.1, -0.05) is 25.1 Å². The average Bonchev–Trinajstić information content (AvgIpc) is 2.41. The summed E-state index contributed by atoms with van der Waals surface area (Å²) in [7, 11) is 0. The van der Waals surface area contributed by atoms with E-state index in [4.69, 9.17) is 4.74 Å². The number of carbonyl (C=O) groups is 2. The van der Waals surface area contributed by atoms with Crippen LogP contribution in [-0.2, 0) is 20.7 Å². The molecule has 0 fully saturated rings. The normalized spacial score (nSPS) is 10.1. The summed E-state index contributed by atoms with van der Waals surface area (Å²) in [6.07, 6.45) is 0.831. The Morgan fingerprint density at radius 3 is 2.55 bits per heavy atom. The number of benzene rings is 1. The molecule has 0 atom stereocenters. The first kappa shape index (κ1) is 16.0. The number of hydrogen-bond acceptors (Lipinski definition) is 4. The highest BCUT2D eigenvalue weighted by atomic mass is 16.5. The number of hydrogen-bond donors (Lipinski definition) is 1. The summed E-state index contributed by atoms with van der Waals surface area (Å²) in [6, 6.07) is 6.70. The second-order valence-electron chi connectivity index (χ2n) is 4.43. The fourth-order valence-corrected chi connectivity index (χ4v) is 1.86. The van der Waals surface area contributed by atoms with Crippen molar-refractivity contribution >= 4 is 11.9 Å². The minimum Gasteiger partial charge on any atom is -0.508 e. The maximum absolute atomic E-state index is 12.2. The van der Waals surface area contributed by atoms with Crippen molar-refractivity contribution < 1.29 is 19.4 Å². The van der Waals surface area contributed by atoms with E-state index in [0.717, 1.165) is 6.42 Å². The second-order valence-corrected chi connectivity index (χ2v) is 4.43. The molecule has 0 aliphatic heterocycles. The summed E-state index contributed by atoms with van der Waals surface area (Å²) < 4.78 is 4.86. The van der Waals surface area contributed by atoms with Gasteiger partial charge < -0.3 is 14.7 Å². The number of carbonyl (C=O) groups excluding carboxylic acids is 2. The lowest BCUT2D eigenvalue weighted by molar-refractivity contribution is -0.148. The molecule has 1 aromatic rings. The summed E-state index contributed by atoms with van der Waals surface area (Å²) in [5, 5.41) is 9.67. The van der Waals surface area contributed by atoms with Gasteiger partial charge in [-0.05, 0) is 19.4 Å². The highest BCUT2D eigenvalue weighted by Crippen LogP contribution is 2.17. The van der Waals surface area contributed by atoms with Crippen molar-refractivity contribution in [2.24, 2.45) is 0 Å². The summed E-state index contributed by atoms with van der Waals surface area (Å²) in [5.74, 6) is -0.513. The van der Waals surface area contributed by atoms with Crippen LogP contribution >= 0.6 is 0 Å². The summed E-state index contributed by atoms with van der Waals surface area (Å²) in [5.41, 5.74) is 0.558. The van der Waals surface area contributed by atoms with Crippen molar-refractivity contribution in [3.05, 3.63) is 29.8 Å². The number of amides is 1. The van der Waals surface area contributed by atoms with E-state index in [2.05, 4.69) is 0 Å². The zero-order valence-corrected chi connectivity index (χ0v) is 12.0. The van der Waals surface area contributed by atoms with Crippen LogP contribution in [0.1, 0.15) is 25.8 Å². The van der Waals surface area contributed by atoms with E-state index in [1.807, 2.05) is 6.92 Å². The molecule has 0 bridgehead atoms. The molecule has 0 aliphatic rings. The standard InChI is InChI=1S/C15H21NO4/c1-3-9-16(11-15(19)20-4-2)14(18)10-12-7-5-6-8-13(12)17/h5-8,17H,3-4,9-11H2,1-2H3. The number of phenols is 1. The van der Waals surface area contributed by atoms with E-state index in [1.54, 1.807) is 25.1 Å². The first-order valence-corrected chi connectivity index (χ1v) is 6.78. The number of phenolic OH excluding ortho intramolecular Hbond substituents is 1. The van der Waals surface area contributed by atoms with Crippen LogP contribution in [0, 0.1) is 0 Å². The molecule has 0 saturated carbocycles. The lowest BCUT2D eigenvalue weighted by Gasteiger charge is -2.21. The maximum atomic E-state index is 12.2. The lowest BCUT2D eigenvalue weighted by atomic mass is 10.1. The molecule has 0 unspecified atom stereocenters. The van der Waals surface area contributed by atoms with Gasteiger partial charge in [0.05, 0.1) is 13.0 Å². The highest BCUT2D eigenvalue weighted by Gasteiger charge is 2.18. The second kappa shape index (κ2) is 8.19. The first-order valence-electron chi connectivity index (χ1n) is 6.78. The molecule has 1 amide bonds. The van der Waals surface area contributed by atoms with Crippen LogP contribution in [0.5, 0.6) is 5.75 Å². The van der Waals surface area contributed by atoms with Crippen molar-refractivity contribution in [2.45, 2.75) is 26.7 Å². The van der Waals surface area contributed by atoms with Gasteiger partial charge in [-0.2, -0.15) is 0 Å². The number of para-hydroxylation sites is 1. The fourth-order valence-electron chi connectivity index (χ4n) is 1.86. The molecule has 1 aromatic carbocycles. The molecule has 0 heterocycles. The Hall–Kier alpha value is -2.04. The minimum atomic E-state index is -0.411. The van der Waals surface area contributed by atoms with E-state index < -0.39 is 5.97 Å². The van der Waals surface area contributed by atoms with Crippen LogP contribution in [-0.4, -0.2) is 41.6 Å². The van der Waals surface area contributed by atoms with E-state index >= 15 is 0 Å². The van der Waals surface area contributed by atoms with Crippen LogP contribution < -0.4 is 0 Å². The van der Waals surface area contributed by atoms with Gasteiger partial charge in [0.15, 0.2) is 0 Å². The Labute approximate surface area is 119 Å². The zero-order valence-electron chi connectivity index (χ0n) is 12.0. The third-order valence-corrected chi connectivity index (χ3v) is 2.80. The van der Waals surface area contributed by atoms with Crippen LogP contribution in [0.3, 0.4) is 0 Å². The molecule has 0 aromatic heterocycles.